The van der Waals surface area contributed by atoms with Crippen molar-refractivity contribution in [1.82, 2.24) is 0 Å². The molecule has 0 saturated heterocycles. The van der Waals surface area contributed by atoms with E-state index in [-0.39, 0.29) is 6.04 Å². The molecule has 0 aromatic heterocycles. The van der Waals surface area contributed by atoms with Crippen molar-refractivity contribution < 1.29 is 0 Å². The third-order valence-electron chi connectivity index (χ3n) is 2.22. The molecule has 0 unspecified atom stereocenters. The first-order valence-corrected chi connectivity index (χ1v) is 6.24. The minimum absolute atomic E-state index is 0.209. The summed E-state index contributed by atoms with van der Waals surface area (Å²) in [6.07, 6.45) is 2.22. The second kappa shape index (κ2) is 6.10. The topological polar surface area (TPSA) is 26.0 Å². The minimum Gasteiger partial charge on any atom is -0.324 e. The van der Waals surface area contributed by atoms with Crippen LogP contribution < -0.4 is 5.73 Å². The van der Waals surface area contributed by atoms with Crippen LogP contribution in [0.15, 0.2) is 29.2 Å². The molecule has 0 amide bonds. The average molecular weight is 209 g/mol. The summed E-state index contributed by atoms with van der Waals surface area (Å²) in [5.41, 5.74) is 7.28. The van der Waals surface area contributed by atoms with Crippen LogP contribution in [0.25, 0.3) is 0 Å². The summed E-state index contributed by atoms with van der Waals surface area (Å²) in [6.45, 7) is 4.34. The zero-order valence-corrected chi connectivity index (χ0v) is 9.81. The molecule has 78 valence electrons. The fourth-order valence-electron chi connectivity index (χ4n) is 1.46. The Kier molecular flexibility index (Phi) is 5.05. The zero-order chi connectivity index (χ0) is 10.4. The Hall–Kier alpha value is -0.470. The van der Waals surface area contributed by atoms with Crippen LogP contribution in [0.3, 0.4) is 0 Å². The summed E-state index contributed by atoms with van der Waals surface area (Å²) in [5, 5.41) is 0. The quantitative estimate of drug-likeness (QED) is 0.750. The Morgan fingerprint density at radius 3 is 2.36 bits per heavy atom. The van der Waals surface area contributed by atoms with Gasteiger partial charge in [-0.15, -0.1) is 11.8 Å². The van der Waals surface area contributed by atoms with Crippen LogP contribution in [-0.2, 0) is 0 Å². The van der Waals surface area contributed by atoms with Crippen molar-refractivity contribution in [2.45, 2.75) is 37.6 Å². The molecule has 1 aromatic carbocycles. The van der Waals surface area contributed by atoms with Gasteiger partial charge >= 0.3 is 0 Å². The largest absolute Gasteiger partial charge is 0.324 e. The highest BCUT2D eigenvalue weighted by Gasteiger charge is 2.03. The van der Waals surface area contributed by atoms with E-state index in [9.17, 15) is 0 Å². The smallest absolute Gasteiger partial charge is 0.0294 e. The highest BCUT2D eigenvalue weighted by molar-refractivity contribution is 7.99. The summed E-state index contributed by atoms with van der Waals surface area (Å²) >= 11 is 1.87. The molecule has 0 bridgehead atoms. The predicted octanol–water partition coefficient (Wildman–Crippen LogP) is 3.60. The summed E-state index contributed by atoms with van der Waals surface area (Å²) in [6, 6.07) is 8.84. The average Bonchev–Trinajstić information content (AvgIpc) is 2.20. The summed E-state index contributed by atoms with van der Waals surface area (Å²) in [7, 11) is 0. The van der Waals surface area contributed by atoms with Crippen molar-refractivity contribution in [2.75, 3.05) is 5.75 Å². The molecular weight excluding hydrogens is 190 g/mol. The molecule has 0 radical (unpaired) electrons. The van der Waals surface area contributed by atoms with E-state index in [1.807, 2.05) is 11.8 Å². The standard InChI is InChI=1S/C12H19NS/c1-3-5-12(13)10-6-8-11(9-7-10)14-4-2/h6-9,12H,3-5,13H2,1-2H3/t12-/m1/s1. The predicted molar refractivity (Wildman–Crippen MR) is 64.7 cm³/mol. The summed E-state index contributed by atoms with van der Waals surface area (Å²) < 4.78 is 0. The van der Waals surface area contributed by atoms with Gasteiger partial charge in [-0.25, -0.2) is 0 Å². The Morgan fingerprint density at radius 1 is 1.21 bits per heavy atom. The molecule has 0 saturated carbocycles. The van der Waals surface area contributed by atoms with Gasteiger partial charge in [0.1, 0.15) is 0 Å². The normalized spacial score (nSPS) is 12.8. The highest BCUT2D eigenvalue weighted by Crippen LogP contribution is 2.21. The zero-order valence-electron chi connectivity index (χ0n) is 8.99. The highest BCUT2D eigenvalue weighted by atomic mass is 32.2. The third-order valence-corrected chi connectivity index (χ3v) is 3.11. The van der Waals surface area contributed by atoms with Crippen LogP contribution in [-0.4, -0.2) is 5.75 Å². The van der Waals surface area contributed by atoms with Crippen molar-refractivity contribution in [2.24, 2.45) is 5.73 Å². The van der Waals surface area contributed by atoms with E-state index in [0.29, 0.717) is 0 Å². The molecule has 0 spiro atoms. The number of thioether (sulfide) groups is 1. The van der Waals surface area contributed by atoms with Crippen LogP contribution in [0.2, 0.25) is 0 Å². The van der Waals surface area contributed by atoms with Crippen molar-refractivity contribution in [3.05, 3.63) is 29.8 Å². The fourth-order valence-corrected chi connectivity index (χ4v) is 2.12. The van der Waals surface area contributed by atoms with E-state index in [4.69, 9.17) is 5.73 Å². The molecule has 14 heavy (non-hydrogen) atoms. The molecule has 1 atom stereocenters. The lowest BCUT2D eigenvalue weighted by atomic mass is 10.0. The SMILES string of the molecule is CCC[C@@H](N)c1ccc(SCC)cc1. The van der Waals surface area contributed by atoms with Gasteiger partial charge in [-0.3, -0.25) is 0 Å². The number of benzene rings is 1. The van der Waals surface area contributed by atoms with Gasteiger partial charge < -0.3 is 5.73 Å². The van der Waals surface area contributed by atoms with Crippen molar-refractivity contribution >= 4 is 11.8 Å². The Labute approximate surface area is 91.1 Å². The molecule has 1 nitrogen and oxygen atoms in total. The second-order valence-electron chi connectivity index (χ2n) is 3.40. The maximum atomic E-state index is 6.02. The van der Waals surface area contributed by atoms with Gasteiger partial charge in [0.25, 0.3) is 0 Å². The van der Waals surface area contributed by atoms with E-state index in [1.165, 1.54) is 10.5 Å². The van der Waals surface area contributed by atoms with E-state index in [2.05, 4.69) is 38.1 Å². The van der Waals surface area contributed by atoms with Crippen LogP contribution >= 0.6 is 11.8 Å². The number of rotatable bonds is 5. The van der Waals surface area contributed by atoms with Crippen LogP contribution in [0, 0.1) is 0 Å². The van der Waals surface area contributed by atoms with E-state index < -0.39 is 0 Å². The lowest BCUT2D eigenvalue weighted by molar-refractivity contribution is 0.638. The number of hydrogen-bond donors (Lipinski definition) is 1. The first-order chi connectivity index (χ1) is 6.77. The van der Waals surface area contributed by atoms with Gasteiger partial charge in [-0.05, 0) is 29.9 Å². The van der Waals surface area contributed by atoms with Crippen LogP contribution in [0.1, 0.15) is 38.3 Å². The Balaban J connectivity index is 2.62. The molecule has 2 heteroatoms. The maximum Gasteiger partial charge on any atom is 0.0294 e. The first-order valence-electron chi connectivity index (χ1n) is 5.26. The molecule has 0 fully saturated rings. The lowest BCUT2D eigenvalue weighted by Crippen LogP contribution is -2.09. The second-order valence-corrected chi connectivity index (χ2v) is 4.73. The van der Waals surface area contributed by atoms with Gasteiger partial charge in [0.15, 0.2) is 0 Å². The number of hydrogen-bond acceptors (Lipinski definition) is 2. The van der Waals surface area contributed by atoms with Gasteiger partial charge in [-0.2, -0.15) is 0 Å². The maximum absolute atomic E-state index is 6.02. The minimum atomic E-state index is 0.209. The Bertz CT molecular complexity index is 256. The molecule has 0 aliphatic heterocycles. The van der Waals surface area contributed by atoms with E-state index in [1.54, 1.807) is 0 Å². The molecule has 1 aromatic rings. The number of nitrogens with two attached hydrogens (primary N) is 1. The van der Waals surface area contributed by atoms with Crippen molar-refractivity contribution in [1.29, 1.82) is 0 Å². The van der Waals surface area contributed by atoms with Crippen LogP contribution in [0.4, 0.5) is 0 Å². The van der Waals surface area contributed by atoms with Gasteiger partial charge in [-0.1, -0.05) is 32.4 Å². The molecular formula is C12H19NS. The monoisotopic (exact) mass is 209 g/mol. The van der Waals surface area contributed by atoms with Gasteiger partial charge in [0, 0.05) is 10.9 Å². The summed E-state index contributed by atoms with van der Waals surface area (Å²) in [5.74, 6) is 1.13. The van der Waals surface area contributed by atoms with E-state index in [0.717, 1.165) is 18.6 Å². The fraction of sp³-hybridized carbons (Fsp3) is 0.500. The lowest BCUT2D eigenvalue weighted by Gasteiger charge is -2.10. The van der Waals surface area contributed by atoms with Crippen LogP contribution in [0.5, 0.6) is 0 Å². The molecule has 2 N–H and O–H groups in total. The first kappa shape index (κ1) is 11.6. The Morgan fingerprint density at radius 2 is 1.86 bits per heavy atom. The molecule has 0 aliphatic carbocycles. The molecule has 1 rings (SSSR count). The third kappa shape index (κ3) is 3.35. The summed E-state index contributed by atoms with van der Waals surface area (Å²) in [4.78, 5) is 1.33. The van der Waals surface area contributed by atoms with Crippen molar-refractivity contribution in [3.63, 3.8) is 0 Å². The van der Waals surface area contributed by atoms with Gasteiger partial charge in [0.05, 0.1) is 0 Å². The van der Waals surface area contributed by atoms with Crippen molar-refractivity contribution in [3.8, 4) is 0 Å². The molecule has 0 aliphatic rings. The van der Waals surface area contributed by atoms with Gasteiger partial charge in [0.2, 0.25) is 0 Å². The van der Waals surface area contributed by atoms with E-state index >= 15 is 0 Å². The molecule has 0 heterocycles.